The van der Waals surface area contributed by atoms with Crippen LogP contribution in [0.5, 0.6) is 0 Å². The highest BCUT2D eigenvalue weighted by Crippen LogP contribution is 2.50. The maximum atomic E-state index is 12.9. The number of hydrogen-bond donors (Lipinski definition) is 1. The number of aromatic nitrogens is 2. The van der Waals surface area contributed by atoms with Crippen molar-refractivity contribution in [1.29, 1.82) is 5.26 Å². The lowest BCUT2D eigenvalue weighted by Crippen LogP contribution is -2.46. The van der Waals surface area contributed by atoms with Crippen LogP contribution in [0.25, 0.3) is 10.2 Å². The van der Waals surface area contributed by atoms with Crippen LogP contribution in [0.15, 0.2) is 30.6 Å². The summed E-state index contributed by atoms with van der Waals surface area (Å²) in [7, 11) is 0. The molecule has 3 fully saturated rings. The first-order valence-electron chi connectivity index (χ1n) is 12.9. The minimum absolute atomic E-state index is 0.184. The average Bonchev–Trinajstić information content (AvgIpc) is 3.48. The van der Waals surface area contributed by atoms with Crippen LogP contribution in [-0.4, -0.2) is 66.5 Å². The Morgan fingerprint density at radius 2 is 1.97 bits per heavy atom. The molecule has 0 atom stereocenters. The minimum Gasteiger partial charge on any atom is -0.382 e. The molecule has 3 aromatic rings. The molecule has 2 saturated heterocycles. The Balaban J connectivity index is 1.09. The first kappa shape index (κ1) is 25.3. The number of benzene rings is 1. The van der Waals surface area contributed by atoms with E-state index >= 15 is 0 Å². The monoisotopic (exact) mass is 542 g/mol. The average molecular weight is 543 g/mol. The smallest absolute Gasteiger partial charge is 0.382 e. The SMILES string of the molecule is N#Cc1ccc(NC2CC3(CCN(c4ncnc5sc(CC(F)(F)F)cc45)C3)C2)cc1CN1CCOCC1. The molecule has 0 unspecified atom stereocenters. The molecule has 0 amide bonds. The lowest BCUT2D eigenvalue weighted by Gasteiger charge is -2.46. The van der Waals surface area contributed by atoms with E-state index in [0.717, 1.165) is 93.6 Å². The first-order valence-corrected chi connectivity index (χ1v) is 13.8. The number of fused-ring (bicyclic) bond motifs is 1. The number of alkyl halides is 3. The Hall–Kier alpha value is -2.94. The third-order valence-corrected chi connectivity index (χ3v) is 8.97. The number of ether oxygens (including phenoxy) is 1. The molecule has 1 spiro atoms. The topological polar surface area (TPSA) is 77.3 Å². The summed E-state index contributed by atoms with van der Waals surface area (Å²) in [5, 5.41) is 14.0. The van der Waals surface area contributed by atoms with E-state index in [2.05, 4.69) is 37.2 Å². The van der Waals surface area contributed by atoms with Crippen LogP contribution < -0.4 is 10.2 Å². The number of thiophene rings is 1. The normalized spacial score (nSPS) is 24.1. The van der Waals surface area contributed by atoms with Crippen molar-refractivity contribution in [2.75, 3.05) is 49.6 Å². The molecule has 1 aliphatic carbocycles. The van der Waals surface area contributed by atoms with Crippen LogP contribution >= 0.6 is 11.3 Å². The third kappa shape index (κ3) is 5.30. The minimum atomic E-state index is -4.24. The van der Waals surface area contributed by atoms with Crippen LogP contribution in [0, 0.1) is 16.7 Å². The van der Waals surface area contributed by atoms with Gasteiger partial charge in [0.2, 0.25) is 0 Å². The Morgan fingerprint density at radius 1 is 1.16 bits per heavy atom. The van der Waals surface area contributed by atoms with Gasteiger partial charge >= 0.3 is 6.18 Å². The molecule has 1 aromatic carbocycles. The molecule has 7 nitrogen and oxygen atoms in total. The fourth-order valence-corrected chi connectivity index (χ4v) is 7.15. The standard InChI is InChI=1S/C27H29F3N6OS/c28-27(29,30)13-22-10-23-24(32-17-33-25(23)38-22)36-4-3-26(16-36)11-21(12-26)34-20-2-1-18(14-31)19(9-20)15-35-5-7-37-8-6-35/h1-2,9-10,17,21,34H,3-8,11-13,15-16H2. The van der Waals surface area contributed by atoms with E-state index in [0.29, 0.717) is 21.8 Å². The van der Waals surface area contributed by atoms with Crippen molar-refractivity contribution < 1.29 is 17.9 Å². The summed E-state index contributed by atoms with van der Waals surface area (Å²) in [6.45, 7) is 5.62. The number of hydrogen-bond acceptors (Lipinski definition) is 8. The number of morpholine rings is 1. The van der Waals surface area contributed by atoms with Gasteiger partial charge < -0.3 is 15.0 Å². The van der Waals surface area contributed by atoms with Gasteiger partial charge in [-0.15, -0.1) is 11.3 Å². The van der Waals surface area contributed by atoms with E-state index in [9.17, 15) is 18.4 Å². The molecular formula is C27H29F3N6OS. The van der Waals surface area contributed by atoms with Gasteiger partial charge in [0.15, 0.2) is 0 Å². The van der Waals surface area contributed by atoms with Gasteiger partial charge in [-0.3, -0.25) is 4.90 Å². The molecule has 1 N–H and O–H groups in total. The van der Waals surface area contributed by atoms with Crippen molar-refractivity contribution in [2.45, 2.75) is 44.4 Å². The molecule has 2 aromatic heterocycles. The van der Waals surface area contributed by atoms with Gasteiger partial charge in [-0.1, -0.05) is 0 Å². The van der Waals surface area contributed by atoms with Crippen LogP contribution in [0.2, 0.25) is 0 Å². The van der Waals surface area contributed by atoms with Crippen LogP contribution in [0.3, 0.4) is 0 Å². The second-order valence-electron chi connectivity index (χ2n) is 10.7. The maximum absolute atomic E-state index is 12.9. The Morgan fingerprint density at radius 3 is 2.74 bits per heavy atom. The van der Waals surface area contributed by atoms with Gasteiger partial charge in [0.1, 0.15) is 17.0 Å². The van der Waals surface area contributed by atoms with Gasteiger partial charge in [-0.25, -0.2) is 9.97 Å². The Kier molecular flexibility index (Phi) is 6.66. The molecule has 200 valence electrons. The predicted molar refractivity (Wildman–Crippen MR) is 140 cm³/mol. The second-order valence-corrected chi connectivity index (χ2v) is 11.8. The van der Waals surface area contributed by atoms with Crippen molar-refractivity contribution in [1.82, 2.24) is 14.9 Å². The van der Waals surface area contributed by atoms with Crippen molar-refractivity contribution in [3.05, 3.63) is 46.6 Å². The zero-order chi connectivity index (χ0) is 26.3. The van der Waals surface area contributed by atoms with Gasteiger partial charge in [0.25, 0.3) is 0 Å². The van der Waals surface area contributed by atoms with Crippen LogP contribution in [0.4, 0.5) is 24.7 Å². The molecule has 3 aliphatic rings. The molecule has 4 heterocycles. The Labute approximate surface area is 223 Å². The number of rotatable bonds is 6. The predicted octanol–water partition coefficient (Wildman–Crippen LogP) is 4.97. The van der Waals surface area contributed by atoms with Crippen molar-refractivity contribution in [3.8, 4) is 6.07 Å². The van der Waals surface area contributed by atoms with E-state index in [1.54, 1.807) is 6.07 Å². The van der Waals surface area contributed by atoms with E-state index in [4.69, 9.17) is 4.74 Å². The number of halogens is 3. The summed E-state index contributed by atoms with van der Waals surface area (Å²) in [6.07, 6.45) is -0.627. The third-order valence-electron chi connectivity index (χ3n) is 7.92. The molecule has 6 rings (SSSR count). The van der Waals surface area contributed by atoms with Crippen LogP contribution in [-0.2, 0) is 17.7 Å². The van der Waals surface area contributed by atoms with Crippen molar-refractivity contribution in [2.24, 2.45) is 5.41 Å². The summed E-state index contributed by atoms with van der Waals surface area (Å²) >= 11 is 1.10. The lowest BCUT2D eigenvalue weighted by atomic mass is 9.65. The van der Waals surface area contributed by atoms with Crippen LogP contribution in [0.1, 0.15) is 35.3 Å². The summed E-state index contributed by atoms with van der Waals surface area (Å²) < 4.78 is 44.2. The zero-order valence-electron chi connectivity index (χ0n) is 20.9. The van der Waals surface area contributed by atoms with E-state index < -0.39 is 12.6 Å². The molecule has 11 heteroatoms. The maximum Gasteiger partial charge on any atom is 0.393 e. The van der Waals surface area contributed by atoms with Gasteiger partial charge in [0.05, 0.1) is 36.7 Å². The molecule has 1 saturated carbocycles. The number of nitrogens with zero attached hydrogens (tertiary/aromatic N) is 5. The summed E-state index contributed by atoms with van der Waals surface area (Å²) in [6, 6.07) is 10.3. The van der Waals surface area contributed by atoms with E-state index in [1.807, 2.05) is 12.1 Å². The highest BCUT2D eigenvalue weighted by molar-refractivity contribution is 7.18. The molecule has 38 heavy (non-hydrogen) atoms. The fraction of sp³-hybridized carbons (Fsp3) is 0.519. The quantitative estimate of drug-likeness (QED) is 0.471. The first-order chi connectivity index (χ1) is 18.3. The lowest BCUT2D eigenvalue weighted by molar-refractivity contribution is -0.126. The molecule has 0 radical (unpaired) electrons. The molecule has 0 bridgehead atoms. The summed E-state index contributed by atoms with van der Waals surface area (Å²) in [4.78, 5) is 14.1. The number of nitriles is 1. The van der Waals surface area contributed by atoms with Gasteiger partial charge in [0, 0.05) is 49.3 Å². The van der Waals surface area contributed by atoms with E-state index in [-0.39, 0.29) is 10.3 Å². The molecular weight excluding hydrogens is 513 g/mol. The van der Waals surface area contributed by atoms with Gasteiger partial charge in [-0.2, -0.15) is 18.4 Å². The molecule has 2 aliphatic heterocycles. The van der Waals surface area contributed by atoms with E-state index in [1.165, 1.54) is 6.33 Å². The Bertz CT molecular complexity index is 1360. The highest BCUT2D eigenvalue weighted by Gasteiger charge is 2.49. The summed E-state index contributed by atoms with van der Waals surface area (Å²) in [5.74, 6) is 0.743. The number of nitrogens with one attached hydrogen (secondary N) is 1. The fourth-order valence-electron chi connectivity index (χ4n) is 6.13. The van der Waals surface area contributed by atoms with Crippen molar-refractivity contribution >= 4 is 33.1 Å². The summed E-state index contributed by atoms with van der Waals surface area (Å²) in [5.41, 5.74) is 2.97. The van der Waals surface area contributed by atoms with Gasteiger partial charge in [-0.05, 0) is 54.5 Å². The number of anilines is 2. The van der Waals surface area contributed by atoms with Crippen molar-refractivity contribution in [3.63, 3.8) is 0 Å². The highest BCUT2D eigenvalue weighted by atomic mass is 32.1. The second kappa shape index (κ2) is 9.98. The zero-order valence-corrected chi connectivity index (χ0v) is 21.7. The largest absolute Gasteiger partial charge is 0.393 e.